The van der Waals surface area contributed by atoms with Crippen LogP contribution in [0.3, 0.4) is 0 Å². The minimum absolute atomic E-state index is 0.0349. The van der Waals surface area contributed by atoms with E-state index in [4.69, 9.17) is 9.47 Å². The quantitative estimate of drug-likeness (QED) is 0.206. The van der Waals surface area contributed by atoms with Crippen molar-refractivity contribution < 1.29 is 33.8 Å². The van der Waals surface area contributed by atoms with E-state index in [1.54, 1.807) is 6.92 Å². The lowest BCUT2D eigenvalue weighted by Crippen LogP contribution is -2.51. The minimum Gasteiger partial charge on any atom is -0.465 e. The average molecular weight is 640 g/mol. The SMILES string of the molecule is C=C(C(=O)C(O)C(C)C1C(OC(C)=O)CC2C3CCC4[C@H](C)C(=O)C=C[C@@]45C[C@@]35CCC21C)[C@@H](C)COC(=O)CCN(CC)CC. The minimum atomic E-state index is -1.31. The summed E-state index contributed by atoms with van der Waals surface area (Å²) in [6, 6.07) is 0. The molecule has 12 atom stereocenters. The fourth-order valence-corrected chi connectivity index (χ4v) is 11.2. The van der Waals surface area contributed by atoms with E-state index in [0.717, 1.165) is 51.6 Å². The van der Waals surface area contributed by atoms with Crippen molar-refractivity contribution in [1.82, 2.24) is 4.90 Å². The molecule has 0 saturated heterocycles. The molecule has 5 aliphatic rings. The van der Waals surface area contributed by atoms with Gasteiger partial charge in [0.05, 0.1) is 13.0 Å². The molecule has 5 aliphatic carbocycles. The highest BCUT2D eigenvalue weighted by Gasteiger charge is 2.79. The van der Waals surface area contributed by atoms with Gasteiger partial charge in [-0.05, 0) is 103 Å². The van der Waals surface area contributed by atoms with Crippen LogP contribution >= 0.6 is 0 Å². The number of esters is 2. The van der Waals surface area contributed by atoms with Gasteiger partial charge in [-0.1, -0.05) is 54.2 Å². The van der Waals surface area contributed by atoms with Crippen LogP contribution in [0.2, 0.25) is 0 Å². The largest absolute Gasteiger partial charge is 0.465 e. The number of ketones is 2. The molecule has 8 nitrogen and oxygen atoms in total. The summed E-state index contributed by atoms with van der Waals surface area (Å²) in [6.07, 6.45) is 8.65. The molecule has 256 valence electrons. The summed E-state index contributed by atoms with van der Waals surface area (Å²) in [6.45, 7) is 20.1. The molecule has 0 aromatic heterocycles. The molecule has 0 aromatic carbocycles. The summed E-state index contributed by atoms with van der Waals surface area (Å²) in [4.78, 5) is 53.1. The molecule has 0 amide bonds. The topological polar surface area (TPSA) is 110 Å². The van der Waals surface area contributed by atoms with Crippen LogP contribution in [0.15, 0.2) is 24.3 Å². The average Bonchev–Trinajstić information content (AvgIpc) is 3.61. The van der Waals surface area contributed by atoms with Crippen LogP contribution in [-0.4, -0.2) is 72.0 Å². The molecular formula is C38H57NO7. The maximum absolute atomic E-state index is 13.7. The monoisotopic (exact) mass is 639 g/mol. The Bertz CT molecular complexity index is 1270. The molecule has 0 heterocycles. The lowest BCUT2D eigenvalue weighted by Gasteiger charge is -2.55. The summed E-state index contributed by atoms with van der Waals surface area (Å²) < 4.78 is 11.5. The maximum Gasteiger partial charge on any atom is 0.307 e. The third-order valence-electron chi connectivity index (χ3n) is 13.8. The molecule has 2 spiro atoms. The number of ether oxygens (including phenoxy) is 2. The molecule has 1 N–H and O–H groups in total. The van der Waals surface area contributed by atoms with Crippen LogP contribution in [0.5, 0.6) is 0 Å². The first-order valence-corrected chi connectivity index (χ1v) is 17.9. The molecule has 46 heavy (non-hydrogen) atoms. The van der Waals surface area contributed by atoms with Crippen molar-refractivity contribution in [2.24, 2.45) is 57.7 Å². The van der Waals surface area contributed by atoms with E-state index in [-0.39, 0.29) is 70.5 Å². The number of rotatable bonds is 13. The summed E-state index contributed by atoms with van der Waals surface area (Å²) in [5.74, 6) is -0.678. The van der Waals surface area contributed by atoms with Gasteiger partial charge in [-0.2, -0.15) is 0 Å². The number of hydrogen-bond acceptors (Lipinski definition) is 8. The number of hydrogen-bond donors (Lipinski definition) is 1. The Kier molecular flexibility index (Phi) is 9.85. The third kappa shape index (κ3) is 5.63. The summed E-state index contributed by atoms with van der Waals surface area (Å²) in [5.41, 5.74) is 0.322. The van der Waals surface area contributed by atoms with Gasteiger partial charge < -0.3 is 19.5 Å². The van der Waals surface area contributed by atoms with Crippen molar-refractivity contribution in [1.29, 1.82) is 0 Å². The number of Topliss-reactive ketones (excluding diaryl/α,β-unsaturated/α-hetero) is 1. The van der Waals surface area contributed by atoms with Crippen molar-refractivity contribution >= 4 is 23.5 Å². The molecule has 5 rings (SSSR count). The molecule has 0 aliphatic heterocycles. The lowest BCUT2D eigenvalue weighted by molar-refractivity contribution is -0.153. The maximum atomic E-state index is 13.7. The van der Waals surface area contributed by atoms with Gasteiger partial charge in [0.25, 0.3) is 0 Å². The number of aliphatic hydroxyl groups is 1. The van der Waals surface area contributed by atoms with Crippen molar-refractivity contribution in [3.05, 3.63) is 24.3 Å². The van der Waals surface area contributed by atoms with E-state index in [9.17, 15) is 24.3 Å². The highest BCUT2D eigenvalue weighted by molar-refractivity contribution is 5.98. The molecule has 4 fully saturated rings. The van der Waals surface area contributed by atoms with Crippen molar-refractivity contribution in [2.75, 3.05) is 26.2 Å². The van der Waals surface area contributed by atoms with Gasteiger partial charge in [0, 0.05) is 31.2 Å². The zero-order valence-corrected chi connectivity index (χ0v) is 29.2. The van der Waals surface area contributed by atoms with Crippen LogP contribution in [-0.2, 0) is 28.7 Å². The van der Waals surface area contributed by atoms with E-state index in [2.05, 4.69) is 45.2 Å². The van der Waals surface area contributed by atoms with Crippen LogP contribution in [0, 0.1) is 57.7 Å². The van der Waals surface area contributed by atoms with E-state index in [1.807, 2.05) is 13.0 Å². The Labute approximate surface area is 275 Å². The van der Waals surface area contributed by atoms with Gasteiger partial charge in [-0.25, -0.2) is 0 Å². The Morgan fingerprint density at radius 2 is 1.78 bits per heavy atom. The van der Waals surface area contributed by atoms with Crippen molar-refractivity contribution in [2.45, 2.75) is 106 Å². The summed E-state index contributed by atoms with van der Waals surface area (Å²) in [7, 11) is 0. The molecule has 8 unspecified atom stereocenters. The molecular weight excluding hydrogens is 582 g/mol. The first-order chi connectivity index (χ1) is 21.7. The van der Waals surface area contributed by atoms with Gasteiger partial charge in [0.15, 0.2) is 11.6 Å². The fourth-order valence-electron chi connectivity index (χ4n) is 11.2. The van der Waals surface area contributed by atoms with E-state index in [0.29, 0.717) is 24.3 Å². The number of aliphatic hydroxyl groups excluding tert-OH is 1. The first-order valence-electron chi connectivity index (χ1n) is 17.9. The van der Waals surface area contributed by atoms with Gasteiger partial charge >= 0.3 is 11.9 Å². The lowest BCUT2D eigenvalue weighted by atomic mass is 9.48. The van der Waals surface area contributed by atoms with Crippen LogP contribution in [0.1, 0.15) is 93.4 Å². The number of fused-ring (bicyclic) bond motifs is 2. The zero-order chi connectivity index (χ0) is 33.8. The summed E-state index contributed by atoms with van der Waals surface area (Å²) >= 11 is 0. The van der Waals surface area contributed by atoms with Crippen LogP contribution < -0.4 is 0 Å². The second-order valence-corrected chi connectivity index (χ2v) is 15.8. The van der Waals surface area contributed by atoms with Crippen molar-refractivity contribution in [3.8, 4) is 0 Å². The molecule has 0 aromatic rings. The highest BCUT2D eigenvalue weighted by atomic mass is 16.5. The Morgan fingerprint density at radius 1 is 1.11 bits per heavy atom. The number of carbonyl (C=O) groups is 4. The molecule has 0 bridgehead atoms. The van der Waals surface area contributed by atoms with E-state index < -0.39 is 23.7 Å². The van der Waals surface area contributed by atoms with Gasteiger partial charge in [-0.3, -0.25) is 19.2 Å². The third-order valence-corrected chi connectivity index (χ3v) is 13.8. The van der Waals surface area contributed by atoms with Gasteiger partial charge in [-0.15, -0.1) is 0 Å². The number of carbonyl (C=O) groups excluding carboxylic acids is 4. The Hall–Kier alpha value is -2.32. The number of nitrogens with zero attached hydrogens (tertiary/aromatic N) is 1. The fraction of sp³-hybridized carbons (Fsp3) is 0.789. The highest BCUT2D eigenvalue weighted by Crippen LogP contribution is 2.84. The second-order valence-electron chi connectivity index (χ2n) is 15.8. The second kappa shape index (κ2) is 12.9. The predicted molar refractivity (Wildman–Crippen MR) is 175 cm³/mol. The van der Waals surface area contributed by atoms with E-state index in [1.165, 1.54) is 6.92 Å². The normalized spacial score (nSPS) is 39.3. The molecule has 8 heteroatoms. The number of allylic oxidation sites excluding steroid dienone is 2. The molecule has 0 radical (unpaired) electrons. The standard InChI is InChI=1S/C38H57NO7/c1-9-39(10-2)18-14-32(42)45-20-22(3)23(4)34(43)35(44)25(6)33-31(46-26(7)40)19-29-28-12-11-27-24(5)30(41)13-15-37(27)21-38(28,37)17-16-36(29,33)8/h13,15,22,24-25,27-29,31,33,35,44H,4,9-12,14,16-21H2,1-3,5-8H3/t22-,24-,25?,27?,28?,29?,31?,33?,35?,36?,37+,38-/m0/s1. The first kappa shape index (κ1) is 35.0. The summed E-state index contributed by atoms with van der Waals surface area (Å²) in [5, 5.41) is 11.6. The van der Waals surface area contributed by atoms with Gasteiger partial charge in [0.2, 0.25) is 0 Å². The van der Waals surface area contributed by atoms with Crippen molar-refractivity contribution in [3.63, 3.8) is 0 Å². The smallest absolute Gasteiger partial charge is 0.307 e. The van der Waals surface area contributed by atoms with Crippen LogP contribution in [0.25, 0.3) is 0 Å². The zero-order valence-electron chi connectivity index (χ0n) is 29.2. The predicted octanol–water partition coefficient (Wildman–Crippen LogP) is 5.57. The molecule has 4 saturated carbocycles. The van der Waals surface area contributed by atoms with Crippen LogP contribution in [0.4, 0.5) is 0 Å². The van der Waals surface area contributed by atoms with Gasteiger partial charge in [0.1, 0.15) is 12.2 Å². The van der Waals surface area contributed by atoms with E-state index >= 15 is 0 Å². The Balaban J connectivity index is 1.29. The Morgan fingerprint density at radius 3 is 2.43 bits per heavy atom.